The van der Waals surface area contributed by atoms with E-state index in [1.807, 2.05) is 0 Å². The highest BCUT2D eigenvalue weighted by Crippen LogP contribution is 2.34. The van der Waals surface area contributed by atoms with Gasteiger partial charge in [-0.2, -0.15) is 0 Å². The molecular weight excluding hydrogens is 412 g/mol. The van der Waals surface area contributed by atoms with Crippen LogP contribution in [0.3, 0.4) is 0 Å². The molecule has 2 rings (SSSR count). The van der Waals surface area contributed by atoms with Crippen molar-refractivity contribution in [2.75, 3.05) is 0 Å². The van der Waals surface area contributed by atoms with E-state index in [2.05, 4.69) is 69.1 Å². The van der Waals surface area contributed by atoms with Crippen LogP contribution < -0.4 is 0 Å². The Hall–Kier alpha value is -0.0800. The molecule has 1 saturated carbocycles. The Labute approximate surface area is 159 Å². The van der Waals surface area contributed by atoms with Crippen molar-refractivity contribution >= 4 is 37.9 Å². The second-order valence-electron chi connectivity index (χ2n) is 7.10. The first-order chi connectivity index (χ1) is 11.2. The molecule has 1 aromatic carbocycles. The lowest BCUT2D eigenvalue weighted by atomic mass is 9.78. The second-order valence-corrected chi connectivity index (χ2v) is 9.87. The van der Waals surface area contributed by atoms with Gasteiger partial charge in [-0.1, -0.05) is 82.6 Å². The van der Waals surface area contributed by atoms with Crippen LogP contribution in [-0.4, -0.2) is 0 Å². The van der Waals surface area contributed by atoms with E-state index in [-0.39, 0.29) is 0 Å². The lowest BCUT2D eigenvalue weighted by Crippen LogP contribution is -2.15. The monoisotopic (exact) mass is 440 g/mol. The first-order valence-corrected chi connectivity index (χ1v) is 10.9. The van der Waals surface area contributed by atoms with Gasteiger partial charge in [0, 0.05) is 0 Å². The normalized spacial score (nSPS) is 21.2. The number of unbranched alkanes of at least 4 members (excludes halogenated alkanes) is 2. The Kier molecular flexibility index (Phi) is 8.97. The van der Waals surface area contributed by atoms with E-state index >= 15 is 0 Å². The van der Waals surface area contributed by atoms with Crippen LogP contribution in [0.5, 0.6) is 0 Å². The first-order valence-electron chi connectivity index (χ1n) is 9.29. The van der Waals surface area contributed by atoms with Gasteiger partial charge in [0.2, 0.25) is 0 Å². The quantitative estimate of drug-likeness (QED) is 0.357. The topological polar surface area (TPSA) is 0 Å². The fourth-order valence-electron chi connectivity index (χ4n) is 3.77. The lowest BCUT2D eigenvalue weighted by Gasteiger charge is -2.28. The molecule has 0 atom stereocenters. The SMILES string of the molecule is CCCCC[C@H]1CC[C@H](CCc2ccc(C=C(Br)Br)cc2)CC1. The van der Waals surface area contributed by atoms with Crippen molar-refractivity contribution in [2.45, 2.75) is 71.1 Å². The van der Waals surface area contributed by atoms with Crippen LogP contribution in [0.15, 0.2) is 27.7 Å². The number of halogens is 2. The summed E-state index contributed by atoms with van der Waals surface area (Å²) < 4.78 is 0.994. The third-order valence-electron chi connectivity index (χ3n) is 5.28. The van der Waals surface area contributed by atoms with Crippen molar-refractivity contribution in [2.24, 2.45) is 11.8 Å². The molecule has 0 heterocycles. The summed E-state index contributed by atoms with van der Waals surface area (Å²) in [5.41, 5.74) is 2.73. The van der Waals surface area contributed by atoms with E-state index in [1.54, 1.807) is 0 Å². The summed E-state index contributed by atoms with van der Waals surface area (Å²) in [7, 11) is 0. The van der Waals surface area contributed by atoms with Gasteiger partial charge in [0.05, 0.1) is 3.39 Å². The Morgan fingerprint density at radius 3 is 2.13 bits per heavy atom. The van der Waals surface area contributed by atoms with Crippen molar-refractivity contribution in [1.29, 1.82) is 0 Å². The zero-order valence-corrected chi connectivity index (χ0v) is 17.5. The summed E-state index contributed by atoms with van der Waals surface area (Å²) in [5.74, 6) is 2.00. The van der Waals surface area contributed by atoms with Gasteiger partial charge in [-0.3, -0.25) is 0 Å². The molecule has 1 aromatic rings. The summed E-state index contributed by atoms with van der Waals surface area (Å²) in [5, 5.41) is 0. The van der Waals surface area contributed by atoms with Gasteiger partial charge in [-0.05, 0) is 73.7 Å². The molecule has 0 spiro atoms. The fraction of sp³-hybridized carbons (Fsp3) is 0.619. The standard InChI is InChI=1S/C21H30Br2/c1-2-3-4-5-17-6-8-18(9-7-17)10-11-19-12-14-20(15-13-19)16-21(22)23/h12-18H,2-11H2,1H3/t17-,18-. The van der Waals surface area contributed by atoms with Crippen LogP contribution in [-0.2, 0) is 6.42 Å². The lowest BCUT2D eigenvalue weighted by molar-refractivity contribution is 0.249. The molecule has 0 N–H and O–H groups in total. The zero-order valence-electron chi connectivity index (χ0n) is 14.4. The molecule has 0 nitrogen and oxygen atoms in total. The summed E-state index contributed by atoms with van der Waals surface area (Å²) in [6.45, 7) is 2.30. The molecule has 0 unspecified atom stereocenters. The summed E-state index contributed by atoms with van der Waals surface area (Å²) >= 11 is 6.83. The van der Waals surface area contributed by atoms with E-state index in [9.17, 15) is 0 Å². The highest BCUT2D eigenvalue weighted by Gasteiger charge is 2.20. The van der Waals surface area contributed by atoms with E-state index in [1.165, 1.54) is 75.3 Å². The minimum atomic E-state index is 0.966. The van der Waals surface area contributed by atoms with Crippen molar-refractivity contribution in [3.63, 3.8) is 0 Å². The van der Waals surface area contributed by atoms with Gasteiger partial charge in [0.15, 0.2) is 0 Å². The number of hydrogen-bond acceptors (Lipinski definition) is 0. The molecule has 1 fully saturated rings. The average molecular weight is 442 g/mol. The Morgan fingerprint density at radius 1 is 0.957 bits per heavy atom. The van der Waals surface area contributed by atoms with Crippen LogP contribution >= 0.6 is 31.9 Å². The summed E-state index contributed by atoms with van der Waals surface area (Å²) in [6.07, 6.45) is 16.3. The predicted octanol–water partition coefficient (Wildman–Crippen LogP) is 8.09. The number of aryl methyl sites for hydroxylation is 1. The van der Waals surface area contributed by atoms with E-state index < -0.39 is 0 Å². The molecular formula is C21H30Br2. The van der Waals surface area contributed by atoms with Crippen molar-refractivity contribution in [3.8, 4) is 0 Å². The Balaban J connectivity index is 1.68. The average Bonchev–Trinajstić information content (AvgIpc) is 2.55. The minimum absolute atomic E-state index is 0.966. The van der Waals surface area contributed by atoms with Gasteiger partial charge in [-0.15, -0.1) is 0 Å². The molecule has 1 aliphatic carbocycles. The summed E-state index contributed by atoms with van der Waals surface area (Å²) in [4.78, 5) is 0. The number of benzene rings is 1. The van der Waals surface area contributed by atoms with Crippen LogP contribution in [0.2, 0.25) is 0 Å². The molecule has 128 valence electrons. The largest absolute Gasteiger partial charge is 0.0654 e. The maximum Gasteiger partial charge on any atom is 0.0610 e. The molecule has 0 aromatic heterocycles. The molecule has 0 saturated heterocycles. The van der Waals surface area contributed by atoms with E-state index in [0.29, 0.717) is 0 Å². The second kappa shape index (κ2) is 10.7. The Morgan fingerprint density at radius 2 is 1.57 bits per heavy atom. The first kappa shape index (κ1) is 19.2. The third-order valence-corrected chi connectivity index (χ3v) is 5.74. The van der Waals surface area contributed by atoms with E-state index in [0.717, 1.165) is 15.2 Å². The van der Waals surface area contributed by atoms with Crippen LogP contribution in [0, 0.1) is 11.8 Å². The fourth-order valence-corrected chi connectivity index (χ4v) is 4.30. The third kappa shape index (κ3) is 7.56. The van der Waals surface area contributed by atoms with Gasteiger partial charge < -0.3 is 0 Å². The molecule has 0 bridgehead atoms. The maximum absolute atomic E-state index is 3.41. The maximum atomic E-state index is 3.41. The smallest absolute Gasteiger partial charge is 0.0610 e. The van der Waals surface area contributed by atoms with Gasteiger partial charge in [-0.25, -0.2) is 0 Å². The van der Waals surface area contributed by atoms with Gasteiger partial charge in [0.1, 0.15) is 0 Å². The Bertz CT molecular complexity index is 463. The van der Waals surface area contributed by atoms with Crippen LogP contribution in [0.25, 0.3) is 6.08 Å². The number of hydrogen-bond donors (Lipinski definition) is 0. The predicted molar refractivity (Wildman–Crippen MR) is 110 cm³/mol. The van der Waals surface area contributed by atoms with Crippen molar-refractivity contribution in [3.05, 3.63) is 38.8 Å². The van der Waals surface area contributed by atoms with Gasteiger partial charge >= 0.3 is 0 Å². The van der Waals surface area contributed by atoms with Crippen molar-refractivity contribution < 1.29 is 0 Å². The molecule has 0 amide bonds. The molecule has 23 heavy (non-hydrogen) atoms. The number of rotatable bonds is 8. The van der Waals surface area contributed by atoms with E-state index in [4.69, 9.17) is 0 Å². The summed E-state index contributed by atoms with van der Waals surface area (Å²) in [6, 6.07) is 8.99. The minimum Gasteiger partial charge on any atom is -0.0654 e. The molecule has 0 radical (unpaired) electrons. The van der Waals surface area contributed by atoms with Crippen molar-refractivity contribution in [1.82, 2.24) is 0 Å². The van der Waals surface area contributed by atoms with Gasteiger partial charge in [0.25, 0.3) is 0 Å². The van der Waals surface area contributed by atoms with Crippen LogP contribution in [0.4, 0.5) is 0 Å². The molecule has 0 aliphatic heterocycles. The molecule has 1 aliphatic rings. The highest BCUT2D eigenvalue weighted by atomic mass is 79.9. The highest BCUT2D eigenvalue weighted by molar-refractivity contribution is 9.28. The van der Waals surface area contributed by atoms with Crippen LogP contribution in [0.1, 0.15) is 75.8 Å². The molecule has 2 heteroatoms. The zero-order chi connectivity index (χ0) is 16.5.